The first-order chi connectivity index (χ1) is 8.86. The highest BCUT2D eigenvalue weighted by Crippen LogP contribution is 2.27. The van der Waals surface area contributed by atoms with Gasteiger partial charge in [-0.1, -0.05) is 31.9 Å². The van der Waals surface area contributed by atoms with Gasteiger partial charge in [0.15, 0.2) is 0 Å². The van der Waals surface area contributed by atoms with Crippen LogP contribution in [-0.4, -0.2) is 16.9 Å². The fraction of sp³-hybridized carbons (Fsp3) is 0.417. The van der Waals surface area contributed by atoms with Crippen LogP contribution in [-0.2, 0) is 4.79 Å². The zero-order chi connectivity index (χ0) is 14.6. The number of benzene rings is 1. The first-order valence-electron chi connectivity index (χ1n) is 5.87. The lowest BCUT2D eigenvalue weighted by Gasteiger charge is -2.17. The Kier molecular flexibility index (Phi) is 5.26. The highest BCUT2D eigenvalue weighted by molar-refractivity contribution is 6.32. The number of hydrogen-bond donors (Lipinski definition) is 2. The lowest BCUT2D eigenvalue weighted by atomic mass is 9.99. The number of nitro benzene ring substituents is 1. The summed E-state index contributed by atoms with van der Waals surface area (Å²) < 4.78 is 0. The molecule has 104 valence electrons. The molecular weight excluding hydrogens is 270 g/mol. The number of rotatable bonds is 5. The normalized spacial score (nSPS) is 13.7. The highest BCUT2D eigenvalue weighted by Gasteiger charge is 2.20. The van der Waals surface area contributed by atoms with Crippen LogP contribution in [0.2, 0.25) is 5.02 Å². The zero-order valence-corrected chi connectivity index (χ0v) is 11.5. The Morgan fingerprint density at radius 1 is 1.58 bits per heavy atom. The van der Waals surface area contributed by atoms with Crippen molar-refractivity contribution in [3.63, 3.8) is 0 Å². The van der Waals surface area contributed by atoms with E-state index in [1.54, 1.807) is 0 Å². The SMILES string of the molecule is CC[C@H](C)[C@H](N)C(=O)Nc1ccc(Cl)c([N+](=O)[O-])c1. The molecule has 7 heteroatoms. The third-order valence-corrected chi connectivity index (χ3v) is 3.29. The van der Waals surface area contributed by atoms with Crippen LogP contribution in [0.25, 0.3) is 0 Å². The van der Waals surface area contributed by atoms with Gasteiger partial charge in [-0.3, -0.25) is 14.9 Å². The van der Waals surface area contributed by atoms with Crippen molar-refractivity contribution in [1.29, 1.82) is 0 Å². The predicted molar refractivity (Wildman–Crippen MR) is 74.2 cm³/mol. The molecule has 0 spiro atoms. The molecule has 0 saturated carbocycles. The van der Waals surface area contributed by atoms with Gasteiger partial charge < -0.3 is 11.1 Å². The Bertz CT molecular complexity index is 493. The summed E-state index contributed by atoms with van der Waals surface area (Å²) in [4.78, 5) is 22.0. The molecule has 0 bridgehead atoms. The van der Waals surface area contributed by atoms with E-state index in [1.165, 1.54) is 18.2 Å². The Morgan fingerprint density at radius 2 is 2.21 bits per heavy atom. The number of nitrogens with one attached hydrogen (secondary N) is 1. The minimum absolute atomic E-state index is 0.0224. The molecule has 19 heavy (non-hydrogen) atoms. The second-order valence-electron chi connectivity index (χ2n) is 4.32. The molecule has 2 atom stereocenters. The molecule has 1 aromatic rings. The molecule has 0 saturated heterocycles. The Morgan fingerprint density at radius 3 is 2.74 bits per heavy atom. The number of nitrogens with zero attached hydrogens (tertiary/aromatic N) is 1. The largest absolute Gasteiger partial charge is 0.324 e. The maximum atomic E-state index is 11.8. The van der Waals surface area contributed by atoms with Gasteiger partial charge in [-0.25, -0.2) is 0 Å². The van der Waals surface area contributed by atoms with Crippen LogP contribution in [0.5, 0.6) is 0 Å². The van der Waals surface area contributed by atoms with Gasteiger partial charge in [-0.15, -0.1) is 0 Å². The predicted octanol–water partition coefficient (Wildman–Crippen LogP) is 2.56. The van der Waals surface area contributed by atoms with Crippen LogP contribution < -0.4 is 11.1 Å². The Balaban J connectivity index is 2.86. The molecular formula is C12H16ClN3O3. The number of hydrogen-bond acceptors (Lipinski definition) is 4. The molecule has 0 aromatic heterocycles. The fourth-order valence-corrected chi connectivity index (χ4v) is 1.65. The maximum absolute atomic E-state index is 11.8. The van der Waals surface area contributed by atoms with E-state index in [0.29, 0.717) is 5.69 Å². The fourth-order valence-electron chi connectivity index (χ4n) is 1.47. The van der Waals surface area contributed by atoms with Crippen molar-refractivity contribution in [2.45, 2.75) is 26.3 Å². The lowest BCUT2D eigenvalue weighted by Crippen LogP contribution is -2.40. The van der Waals surface area contributed by atoms with E-state index in [2.05, 4.69) is 5.32 Å². The third-order valence-electron chi connectivity index (χ3n) is 2.97. The molecule has 6 nitrogen and oxygen atoms in total. The number of amides is 1. The van der Waals surface area contributed by atoms with Gasteiger partial charge in [0.1, 0.15) is 5.02 Å². The quantitative estimate of drug-likeness (QED) is 0.641. The lowest BCUT2D eigenvalue weighted by molar-refractivity contribution is -0.384. The van der Waals surface area contributed by atoms with E-state index < -0.39 is 11.0 Å². The van der Waals surface area contributed by atoms with Crippen LogP contribution in [0.1, 0.15) is 20.3 Å². The van der Waals surface area contributed by atoms with E-state index in [-0.39, 0.29) is 22.5 Å². The van der Waals surface area contributed by atoms with Crippen molar-refractivity contribution in [3.8, 4) is 0 Å². The van der Waals surface area contributed by atoms with Gasteiger partial charge in [-0.05, 0) is 18.1 Å². The number of nitrogens with two attached hydrogens (primary N) is 1. The highest BCUT2D eigenvalue weighted by atomic mass is 35.5. The molecule has 0 aliphatic carbocycles. The number of nitro groups is 1. The first kappa shape index (κ1) is 15.4. The van der Waals surface area contributed by atoms with E-state index >= 15 is 0 Å². The van der Waals surface area contributed by atoms with Crippen molar-refractivity contribution in [3.05, 3.63) is 33.3 Å². The number of anilines is 1. The summed E-state index contributed by atoms with van der Waals surface area (Å²) in [5.41, 5.74) is 5.83. The average Bonchev–Trinajstić information content (AvgIpc) is 2.38. The second-order valence-corrected chi connectivity index (χ2v) is 4.73. The molecule has 0 aliphatic rings. The van der Waals surface area contributed by atoms with Crippen molar-refractivity contribution >= 4 is 28.9 Å². The molecule has 0 radical (unpaired) electrons. The van der Waals surface area contributed by atoms with Crippen LogP contribution >= 0.6 is 11.6 Å². The first-order valence-corrected chi connectivity index (χ1v) is 6.25. The summed E-state index contributed by atoms with van der Waals surface area (Å²) in [6.07, 6.45) is 0.773. The number of carbonyl (C=O) groups excluding carboxylic acids is 1. The number of carbonyl (C=O) groups is 1. The second kappa shape index (κ2) is 6.49. The zero-order valence-electron chi connectivity index (χ0n) is 10.7. The van der Waals surface area contributed by atoms with Gasteiger partial charge in [0.05, 0.1) is 11.0 Å². The molecule has 3 N–H and O–H groups in total. The van der Waals surface area contributed by atoms with Crippen molar-refractivity contribution in [2.75, 3.05) is 5.32 Å². The molecule has 1 rings (SSSR count). The summed E-state index contributed by atoms with van der Waals surface area (Å²) in [7, 11) is 0. The van der Waals surface area contributed by atoms with Crippen molar-refractivity contribution < 1.29 is 9.72 Å². The van der Waals surface area contributed by atoms with E-state index in [1.807, 2.05) is 13.8 Å². The number of halogens is 1. The summed E-state index contributed by atoms with van der Waals surface area (Å²) >= 11 is 5.68. The molecule has 0 fully saturated rings. The van der Waals surface area contributed by atoms with Crippen molar-refractivity contribution in [1.82, 2.24) is 0 Å². The van der Waals surface area contributed by atoms with Gasteiger partial charge in [0, 0.05) is 11.8 Å². The van der Waals surface area contributed by atoms with E-state index in [9.17, 15) is 14.9 Å². The molecule has 0 aliphatic heterocycles. The summed E-state index contributed by atoms with van der Waals surface area (Å²) in [6.45, 7) is 3.81. The molecule has 1 amide bonds. The van der Waals surface area contributed by atoms with Crippen LogP contribution in [0, 0.1) is 16.0 Å². The smallest absolute Gasteiger partial charge is 0.289 e. The van der Waals surface area contributed by atoms with E-state index in [4.69, 9.17) is 17.3 Å². The Hall–Kier alpha value is -1.66. The molecule has 0 heterocycles. The molecule has 0 unspecified atom stereocenters. The standard InChI is InChI=1S/C12H16ClN3O3/c1-3-7(2)11(14)12(17)15-8-4-5-9(13)10(6-8)16(18)19/h4-7,11H,3,14H2,1-2H3,(H,15,17)/t7-,11-/m0/s1. The summed E-state index contributed by atoms with van der Waals surface area (Å²) in [6, 6.07) is 3.42. The maximum Gasteiger partial charge on any atom is 0.289 e. The average molecular weight is 286 g/mol. The van der Waals surface area contributed by atoms with Crippen LogP contribution in [0.3, 0.4) is 0 Å². The van der Waals surface area contributed by atoms with Gasteiger partial charge in [0.25, 0.3) is 5.69 Å². The van der Waals surface area contributed by atoms with Crippen LogP contribution in [0.4, 0.5) is 11.4 Å². The summed E-state index contributed by atoms with van der Waals surface area (Å²) in [5, 5.41) is 13.3. The van der Waals surface area contributed by atoms with E-state index in [0.717, 1.165) is 6.42 Å². The minimum Gasteiger partial charge on any atom is -0.324 e. The van der Waals surface area contributed by atoms with Gasteiger partial charge in [-0.2, -0.15) is 0 Å². The summed E-state index contributed by atoms with van der Waals surface area (Å²) in [5.74, 6) is -0.340. The third kappa shape index (κ3) is 3.90. The monoisotopic (exact) mass is 285 g/mol. The Labute approximate surface area is 116 Å². The van der Waals surface area contributed by atoms with Crippen LogP contribution in [0.15, 0.2) is 18.2 Å². The topological polar surface area (TPSA) is 98.3 Å². The van der Waals surface area contributed by atoms with Gasteiger partial charge in [0.2, 0.25) is 5.91 Å². The molecule has 1 aromatic carbocycles. The van der Waals surface area contributed by atoms with Crippen molar-refractivity contribution in [2.24, 2.45) is 11.7 Å². The van der Waals surface area contributed by atoms with Gasteiger partial charge >= 0.3 is 0 Å². The minimum atomic E-state index is -0.653.